The van der Waals surface area contributed by atoms with Gasteiger partial charge in [-0.2, -0.15) is 4.37 Å². The van der Waals surface area contributed by atoms with Crippen molar-refractivity contribution < 1.29 is 9.21 Å². The van der Waals surface area contributed by atoms with Crippen LogP contribution in [0.25, 0.3) is 0 Å². The predicted octanol–water partition coefficient (Wildman–Crippen LogP) is 2.28. The summed E-state index contributed by atoms with van der Waals surface area (Å²) in [5.74, 6) is 2.77. The number of anilines is 1. The van der Waals surface area contributed by atoms with Gasteiger partial charge in [0.25, 0.3) is 5.91 Å². The van der Waals surface area contributed by atoms with Gasteiger partial charge in [0, 0.05) is 43.6 Å². The molecule has 1 aliphatic heterocycles. The van der Waals surface area contributed by atoms with E-state index in [9.17, 15) is 4.79 Å². The summed E-state index contributed by atoms with van der Waals surface area (Å²) in [5, 5.41) is 0.989. The van der Waals surface area contributed by atoms with Crippen molar-refractivity contribution in [2.24, 2.45) is 0 Å². The molecular weight excluding hydrogens is 300 g/mol. The summed E-state index contributed by atoms with van der Waals surface area (Å²) in [6.07, 6.45) is 2.45. The van der Waals surface area contributed by atoms with Crippen LogP contribution in [0.2, 0.25) is 0 Å². The molecule has 1 amide bonds. The van der Waals surface area contributed by atoms with Crippen LogP contribution < -0.4 is 4.90 Å². The first kappa shape index (κ1) is 13.8. The maximum Gasteiger partial charge on any atom is 0.289 e. The van der Waals surface area contributed by atoms with Crippen molar-refractivity contribution in [3.8, 4) is 0 Å². The van der Waals surface area contributed by atoms with Gasteiger partial charge < -0.3 is 14.2 Å². The van der Waals surface area contributed by atoms with Crippen LogP contribution >= 0.6 is 11.5 Å². The van der Waals surface area contributed by atoms with Gasteiger partial charge in [-0.05, 0) is 31.9 Å². The van der Waals surface area contributed by atoms with Crippen molar-refractivity contribution >= 4 is 22.6 Å². The number of nitrogens with zero attached hydrogens (tertiary/aromatic N) is 4. The number of carbonyl (C=O) groups excluding carboxylic acids is 1. The third-order valence-electron chi connectivity index (χ3n) is 4.16. The van der Waals surface area contributed by atoms with Crippen LogP contribution in [-0.2, 0) is 0 Å². The minimum atomic E-state index is -0.0244. The van der Waals surface area contributed by atoms with Gasteiger partial charge >= 0.3 is 0 Å². The molecule has 2 aliphatic rings. The smallest absolute Gasteiger partial charge is 0.289 e. The standard InChI is InChI=1S/C15H18N4O2S/c1-10-2-5-12(21-10)14(20)18-6-8-19(9-7-18)15-16-13(17-22-15)11-3-4-11/h2,5,11H,3-4,6-9H2,1H3. The minimum absolute atomic E-state index is 0.0244. The van der Waals surface area contributed by atoms with Gasteiger partial charge in [0.2, 0.25) is 5.13 Å². The molecule has 0 aromatic carbocycles. The topological polar surface area (TPSA) is 62.5 Å². The molecular formula is C15H18N4O2S. The number of hydrogen-bond donors (Lipinski definition) is 0. The fourth-order valence-electron chi connectivity index (χ4n) is 2.67. The number of aryl methyl sites for hydroxylation is 1. The molecule has 1 saturated heterocycles. The zero-order valence-corrected chi connectivity index (χ0v) is 13.3. The van der Waals surface area contributed by atoms with Crippen molar-refractivity contribution in [1.82, 2.24) is 14.3 Å². The molecule has 6 nitrogen and oxygen atoms in total. The summed E-state index contributed by atoms with van der Waals surface area (Å²) in [7, 11) is 0. The van der Waals surface area contributed by atoms with E-state index in [4.69, 9.17) is 4.42 Å². The average Bonchev–Trinajstić information content (AvgIpc) is 3.11. The lowest BCUT2D eigenvalue weighted by Crippen LogP contribution is -2.48. The number of amides is 1. The second-order valence-corrected chi connectivity index (χ2v) is 6.63. The van der Waals surface area contributed by atoms with Crippen LogP contribution in [-0.4, -0.2) is 46.3 Å². The number of hydrogen-bond acceptors (Lipinski definition) is 6. The monoisotopic (exact) mass is 318 g/mol. The van der Waals surface area contributed by atoms with E-state index in [2.05, 4.69) is 14.3 Å². The lowest BCUT2D eigenvalue weighted by Gasteiger charge is -2.33. The summed E-state index contributed by atoms with van der Waals surface area (Å²) in [4.78, 5) is 21.1. The molecule has 3 heterocycles. The minimum Gasteiger partial charge on any atom is -0.456 e. The normalized spacial score (nSPS) is 18.8. The Morgan fingerprint density at radius 2 is 2.05 bits per heavy atom. The lowest BCUT2D eigenvalue weighted by molar-refractivity contribution is 0.0713. The van der Waals surface area contributed by atoms with Crippen LogP contribution in [0.3, 0.4) is 0 Å². The summed E-state index contributed by atoms with van der Waals surface area (Å²) in [6, 6.07) is 3.57. The molecule has 0 unspecified atom stereocenters. The SMILES string of the molecule is Cc1ccc(C(=O)N2CCN(c3nc(C4CC4)ns3)CC2)o1. The maximum atomic E-state index is 12.3. The van der Waals surface area contributed by atoms with E-state index in [1.807, 2.05) is 17.9 Å². The van der Waals surface area contributed by atoms with E-state index in [1.165, 1.54) is 24.4 Å². The predicted molar refractivity (Wildman–Crippen MR) is 83.4 cm³/mol. The van der Waals surface area contributed by atoms with Gasteiger partial charge in [-0.3, -0.25) is 4.79 Å². The Balaban J connectivity index is 1.38. The summed E-state index contributed by atoms with van der Waals surface area (Å²) >= 11 is 1.48. The number of aromatic nitrogens is 2. The van der Waals surface area contributed by atoms with Crippen LogP contribution in [0.15, 0.2) is 16.5 Å². The number of furan rings is 1. The average molecular weight is 318 g/mol. The Labute approximate surface area is 132 Å². The van der Waals surface area contributed by atoms with E-state index >= 15 is 0 Å². The van der Waals surface area contributed by atoms with Gasteiger partial charge in [0.1, 0.15) is 11.6 Å². The van der Waals surface area contributed by atoms with E-state index in [1.54, 1.807) is 6.07 Å². The molecule has 0 radical (unpaired) electrons. The highest BCUT2D eigenvalue weighted by molar-refractivity contribution is 7.09. The summed E-state index contributed by atoms with van der Waals surface area (Å²) < 4.78 is 9.87. The van der Waals surface area contributed by atoms with Crippen LogP contribution in [0, 0.1) is 6.92 Å². The van der Waals surface area contributed by atoms with Crippen LogP contribution in [0.1, 0.15) is 40.9 Å². The van der Waals surface area contributed by atoms with Gasteiger partial charge in [-0.1, -0.05) is 0 Å². The first-order valence-electron chi connectivity index (χ1n) is 7.65. The molecule has 1 saturated carbocycles. The molecule has 4 rings (SSSR count). The van der Waals surface area contributed by atoms with Gasteiger partial charge in [-0.25, -0.2) is 4.98 Å². The van der Waals surface area contributed by atoms with Crippen molar-refractivity contribution in [2.75, 3.05) is 31.1 Å². The van der Waals surface area contributed by atoms with E-state index in [0.29, 0.717) is 24.8 Å². The molecule has 2 fully saturated rings. The Bertz CT molecular complexity index is 683. The highest BCUT2D eigenvalue weighted by atomic mass is 32.1. The second kappa shape index (κ2) is 5.39. The molecule has 7 heteroatoms. The fraction of sp³-hybridized carbons (Fsp3) is 0.533. The maximum absolute atomic E-state index is 12.3. The molecule has 0 bridgehead atoms. The van der Waals surface area contributed by atoms with E-state index in [0.717, 1.165) is 29.8 Å². The first-order valence-corrected chi connectivity index (χ1v) is 8.42. The quantitative estimate of drug-likeness (QED) is 0.869. The zero-order valence-electron chi connectivity index (χ0n) is 12.5. The highest BCUT2D eigenvalue weighted by Crippen LogP contribution is 2.39. The molecule has 0 N–H and O–H groups in total. The second-order valence-electron chi connectivity index (χ2n) is 5.90. The Hall–Kier alpha value is -1.89. The summed E-state index contributed by atoms with van der Waals surface area (Å²) in [5.41, 5.74) is 0. The molecule has 2 aromatic rings. The lowest BCUT2D eigenvalue weighted by atomic mass is 10.3. The number of carbonyl (C=O) groups is 1. The van der Waals surface area contributed by atoms with Crippen molar-refractivity contribution in [3.05, 3.63) is 29.5 Å². The molecule has 0 spiro atoms. The molecule has 22 heavy (non-hydrogen) atoms. The number of piperazine rings is 1. The van der Waals surface area contributed by atoms with Crippen molar-refractivity contribution in [2.45, 2.75) is 25.7 Å². The van der Waals surface area contributed by atoms with Crippen LogP contribution in [0.5, 0.6) is 0 Å². The van der Waals surface area contributed by atoms with Gasteiger partial charge in [-0.15, -0.1) is 0 Å². The third kappa shape index (κ3) is 2.61. The Morgan fingerprint density at radius 1 is 1.27 bits per heavy atom. The Kier molecular flexibility index (Phi) is 3.37. The fourth-order valence-corrected chi connectivity index (χ4v) is 3.47. The summed E-state index contributed by atoms with van der Waals surface area (Å²) in [6.45, 7) is 4.82. The first-order chi connectivity index (χ1) is 10.7. The molecule has 1 aliphatic carbocycles. The largest absolute Gasteiger partial charge is 0.456 e. The molecule has 2 aromatic heterocycles. The number of rotatable bonds is 3. The van der Waals surface area contributed by atoms with E-state index < -0.39 is 0 Å². The third-order valence-corrected chi connectivity index (χ3v) is 4.95. The highest BCUT2D eigenvalue weighted by Gasteiger charge is 2.30. The van der Waals surface area contributed by atoms with Gasteiger partial charge in [0.05, 0.1) is 0 Å². The van der Waals surface area contributed by atoms with Crippen LogP contribution in [0.4, 0.5) is 5.13 Å². The molecule has 116 valence electrons. The zero-order chi connectivity index (χ0) is 15.1. The molecule has 0 atom stereocenters. The van der Waals surface area contributed by atoms with Crippen molar-refractivity contribution in [1.29, 1.82) is 0 Å². The Morgan fingerprint density at radius 3 is 2.68 bits per heavy atom. The van der Waals surface area contributed by atoms with Crippen molar-refractivity contribution in [3.63, 3.8) is 0 Å². The van der Waals surface area contributed by atoms with Gasteiger partial charge in [0.15, 0.2) is 5.76 Å². The van der Waals surface area contributed by atoms with E-state index in [-0.39, 0.29) is 5.91 Å².